The fraction of sp³-hybridized carbons (Fsp3) is 0. The zero-order valence-electron chi connectivity index (χ0n) is 2.47. The summed E-state index contributed by atoms with van der Waals surface area (Å²) < 4.78 is 30.8. The van der Waals surface area contributed by atoms with E-state index in [1.54, 1.807) is 0 Å². The van der Waals surface area contributed by atoms with Gasteiger partial charge in [0.25, 0.3) is 0 Å². The van der Waals surface area contributed by atoms with E-state index in [1.165, 1.54) is 0 Å². The lowest BCUT2D eigenvalue weighted by Gasteiger charge is -1.69. The molecule has 6 heavy (non-hydrogen) atoms. The first-order valence-corrected chi connectivity index (χ1v) is 2.99. The van der Waals surface area contributed by atoms with Crippen LogP contribution in [0.1, 0.15) is 0 Å². The summed E-state index contributed by atoms with van der Waals surface area (Å²) in [6.07, 6.45) is 0. The second kappa shape index (κ2) is 9.15. The Labute approximate surface area is 44.6 Å². The predicted octanol–water partition coefficient (Wildman–Crippen LogP) is -2.80. The Balaban J connectivity index is 0. The van der Waals surface area contributed by atoms with E-state index in [2.05, 4.69) is 11.9 Å². The molecule has 0 amide bonds. The van der Waals surface area contributed by atoms with Crippen molar-refractivity contribution < 1.29 is 32.1 Å². The third kappa shape index (κ3) is 161. The van der Waals surface area contributed by atoms with Gasteiger partial charge in [0, 0.05) is 0 Å². The number of hydrogen-bond acceptors (Lipinski definition) is 4. The molecule has 0 aromatic carbocycles. The van der Waals surface area contributed by atoms with Gasteiger partial charge in [0.15, 0.2) is 0 Å². The minimum Gasteiger partial charge on any atom is -0.372 e. The smallest absolute Gasteiger partial charge is 0.372 e. The molecule has 4 nitrogen and oxygen atoms in total. The van der Waals surface area contributed by atoms with Crippen LogP contribution in [-0.2, 0) is 0 Å². The van der Waals surface area contributed by atoms with Crippen molar-refractivity contribution in [3.8, 4) is 0 Å². The molecule has 0 rings (SSSR count). The van der Waals surface area contributed by atoms with Crippen molar-refractivity contribution in [1.82, 2.24) is 0 Å². The van der Waals surface area contributed by atoms with Gasteiger partial charge >= 0.3 is 14.8 Å². The van der Waals surface area contributed by atoms with Crippen LogP contribution in [0.2, 0.25) is 0 Å². The van der Waals surface area contributed by atoms with Crippen molar-refractivity contribution in [3.63, 3.8) is 0 Å². The quantitative estimate of drug-likeness (QED) is 0.423. The summed E-state index contributed by atoms with van der Waals surface area (Å²) in [6, 6.07) is 0. The first kappa shape index (κ1) is 9.79. The molecule has 0 heterocycles. The summed E-state index contributed by atoms with van der Waals surface area (Å²) in [6.45, 7) is 0. The molecule has 0 aromatic rings. The van der Waals surface area contributed by atoms with Crippen LogP contribution < -0.4 is 8.40 Å². The average molecular weight is 181 g/mol. The normalized spacial score (nSPS) is 7.00. The van der Waals surface area contributed by atoms with Gasteiger partial charge < -0.3 is 8.40 Å². The lowest BCUT2D eigenvalue weighted by atomic mass is 15.9. The van der Waals surface area contributed by atoms with Crippen LogP contribution in [-0.4, -0.2) is 8.86 Å². The summed E-state index contributed by atoms with van der Waals surface area (Å²) in [5.41, 5.74) is 0. The summed E-state index contributed by atoms with van der Waals surface area (Å²) in [5, 5.41) is 0. The lowest BCUT2D eigenvalue weighted by Crippen LogP contribution is -2.30. The van der Waals surface area contributed by atoms with Crippen molar-refractivity contribution in [1.29, 1.82) is 0 Å². The standard InChI is InChI=1S/BrHO3.ClHO/c2-1(3)4;1-2/h2H;2H. The predicted molar refractivity (Wildman–Crippen MR) is 10.3 cm³/mol. The van der Waals surface area contributed by atoms with Gasteiger partial charge in [0.1, 0.15) is 0 Å². The maximum absolute atomic E-state index is 8.63. The third-order valence-electron chi connectivity index (χ3n) is 0. The molecule has 0 unspecified atom stereocenters. The number of hydrogen-bond donors (Lipinski definition) is 2. The van der Waals surface area contributed by atoms with Gasteiger partial charge in [-0.2, -0.15) is 0 Å². The molecular weight excluding hydrogens is 179 g/mol. The lowest BCUT2D eigenvalue weighted by molar-refractivity contribution is -1.63. The Kier molecular flexibility index (Phi) is 14.9. The molecule has 0 bridgehead atoms. The van der Waals surface area contributed by atoms with Gasteiger partial charge in [-0.25, -0.2) is 0 Å². The molecule has 0 saturated carbocycles. The molecule has 0 atom stereocenters. The topological polar surface area (TPSA) is 86.6 Å². The zero-order valence-corrected chi connectivity index (χ0v) is 4.81. The minimum absolute atomic E-state index is 3.40. The van der Waals surface area contributed by atoms with E-state index in [4.69, 9.17) is 17.3 Å². The van der Waals surface area contributed by atoms with Gasteiger partial charge in [-0.3, -0.25) is 4.66 Å². The van der Waals surface area contributed by atoms with E-state index in [1.807, 2.05) is 0 Å². The fourth-order valence-electron chi connectivity index (χ4n) is 0. The van der Waals surface area contributed by atoms with Crippen LogP contribution in [0.25, 0.3) is 0 Å². The Hall–Kier alpha value is 0.610. The Bertz CT molecular complexity index is 12.3. The highest BCUT2D eigenvalue weighted by Crippen LogP contribution is 1.38. The summed E-state index contributed by atoms with van der Waals surface area (Å²) >= 11 is 0.243. The van der Waals surface area contributed by atoms with E-state index in [0.717, 1.165) is 0 Å². The fourth-order valence-corrected chi connectivity index (χ4v) is 0. The summed E-state index contributed by atoms with van der Waals surface area (Å²) in [4.78, 5) is 0. The Morgan fingerprint density at radius 1 is 1.33 bits per heavy atom. The molecule has 0 radical (unpaired) electrons. The van der Waals surface area contributed by atoms with Gasteiger partial charge in [0.05, 0.1) is 11.9 Å². The molecular formula is H2BrClO4. The number of halogens is 2. The maximum Gasteiger partial charge on any atom is 0.433 e. The van der Waals surface area contributed by atoms with Crippen LogP contribution >= 0.6 is 11.9 Å². The summed E-state index contributed by atoms with van der Waals surface area (Å²) in [5.74, 6) is 0. The molecule has 0 fully saturated rings. The average Bonchev–Trinajstić information content (AvgIpc) is 1.41. The highest BCUT2D eigenvalue weighted by atomic mass is 80.0. The Morgan fingerprint density at radius 2 is 1.33 bits per heavy atom. The van der Waals surface area contributed by atoms with E-state index >= 15 is 0 Å². The van der Waals surface area contributed by atoms with E-state index in [0.29, 0.717) is 0 Å². The monoisotopic (exact) mass is 180 g/mol. The van der Waals surface area contributed by atoms with Crippen molar-refractivity contribution >= 4 is 11.9 Å². The molecule has 0 aromatic heterocycles. The van der Waals surface area contributed by atoms with E-state index in [9.17, 15) is 0 Å². The SMILES string of the molecule is OCl.[O-][Br+2]([O-])O. The van der Waals surface area contributed by atoms with E-state index in [-0.39, 0.29) is 0 Å². The molecule has 0 aliphatic carbocycles. The molecule has 6 heteroatoms. The minimum atomic E-state index is -3.40. The van der Waals surface area contributed by atoms with Gasteiger partial charge in [-0.05, 0) is 4.20 Å². The van der Waals surface area contributed by atoms with E-state index < -0.39 is 14.8 Å². The van der Waals surface area contributed by atoms with Crippen LogP contribution in [0.15, 0.2) is 0 Å². The first-order valence-electron chi connectivity index (χ1n) is 0.647. The van der Waals surface area contributed by atoms with Crippen molar-refractivity contribution in [2.75, 3.05) is 0 Å². The van der Waals surface area contributed by atoms with Gasteiger partial charge in [0.2, 0.25) is 0 Å². The molecule has 2 N–H and O–H groups in total. The van der Waals surface area contributed by atoms with Crippen LogP contribution in [0.4, 0.5) is 0 Å². The van der Waals surface area contributed by atoms with Crippen molar-refractivity contribution in [2.45, 2.75) is 0 Å². The van der Waals surface area contributed by atoms with Gasteiger partial charge in [-0.15, -0.1) is 0 Å². The van der Waals surface area contributed by atoms with Gasteiger partial charge in [-0.1, -0.05) is 0 Å². The summed E-state index contributed by atoms with van der Waals surface area (Å²) in [7, 11) is 0. The highest BCUT2D eigenvalue weighted by Gasteiger charge is 1.86. The van der Waals surface area contributed by atoms with Crippen molar-refractivity contribution in [3.05, 3.63) is 0 Å². The molecule has 0 aliphatic heterocycles. The van der Waals surface area contributed by atoms with Crippen molar-refractivity contribution in [2.24, 2.45) is 0 Å². The van der Waals surface area contributed by atoms with Crippen LogP contribution in [0.3, 0.4) is 0 Å². The molecule has 0 aliphatic rings. The highest BCUT2D eigenvalue weighted by molar-refractivity contribution is 6.04. The second-order valence-electron chi connectivity index (χ2n) is 0.201. The first-order chi connectivity index (χ1) is 2.73. The second-order valence-corrected chi connectivity index (χ2v) is 1.04. The largest absolute Gasteiger partial charge is 0.433 e. The molecule has 0 spiro atoms. The maximum atomic E-state index is 8.63. The van der Waals surface area contributed by atoms with Crippen LogP contribution in [0.5, 0.6) is 0 Å². The third-order valence-corrected chi connectivity index (χ3v) is 0. The zero-order chi connectivity index (χ0) is 5.58. The van der Waals surface area contributed by atoms with Crippen LogP contribution in [0, 0.1) is 14.8 Å². The molecule has 0 saturated heterocycles. The number of rotatable bonds is 0. The molecule has 40 valence electrons. The Morgan fingerprint density at radius 3 is 1.33 bits per heavy atom.